The average molecular weight is 245 g/mol. The summed E-state index contributed by atoms with van der Waals surface area (Å²) in [6, 6.07) is 5.03. The maximum absolute atomic E-state index is 5.98. The highest BCUT2D eigenvalue weighted by Crippen LogP contribution is 2.50. The summed E-state index contributed by atoms with van der Waals surface area (Å²) in [4.78, 5) is 0. The number of nitrogens with two attached hydrogens (primary N) is 1. The molecule has 0 atom stereocenters. The third-order valence-corrected chi connectivity index (χ3v) is 4.85. The molecule has 98 valence electrons. The van der Waals surface area contributed by atoms with Gasteiger partial charge in [0.25, 0.3) is 0 Å². The molecule has 1 aromatic rings. The predicted octanol–water partition coefficient (Wildman–Crippen LogP) is 2.62. The molecule has 0 unspecified atom stereocenters. The van der Waals surface area contributed by atoms with Crippen molar-refractivity contribution in [3.63, 3.8) is 0 Å². The fourth-order valence-corrected chi connectivity index (χ4v) is 3.98. The molecule has 0 spiro atoms. The molecule has 1 aromatic carbocycles. The van der Waals surface area contributed by atoms with Gasteiger partial charge >= 0.3 is 0 Å². The van der Waals surface area contributed by atoms with Gasteiger partial charge in [-0.2, -0.15) is 0 Å². The third kappa shape index (κ3) is 1.63. The molecule has 0 bridgehead atoms. The predicted molar refractivity (Wildman–Crippen MR) is 73.8 cm³/mol. The van der Waals surface area contributed by atoms with Crippen molar-refractivity contribution in [2.24, 2.45) is 11.7 Å². The Balaban J connectivity index is 2.02. The van der Waals surface area contributed by atoms with Crippen molar-refractivity contribution in [1.29, 1.82) is 0 Å². The highest BCUT2D eigenvalue weighted by atomic mass is 16.5. The van der Waals surface area contributed by atoms with E-state index in [2.05, 4.69) is 32.9 Å². The van der Waals surface area contributed by atoms with Gasteiger partial charge in [-0.3, -0.25) is 0 Å². The Bertz CT molecular complexity index is 447. The third-order valence-electron chi connectivity index (χ3n) is 4.85. The van der Waals surface area contributed by atoms with Gasteiger partial charge in [0.2, 0.25) is 0 Å². The lowest BCUT2D eigenvalue weighted by Gasteiger charge is -2.54. The van der Waals surface area contributed by atoms with Crippen LogP contribution in [0.3, 0.4) is 0 Å². The van der Waals surface area contributed by atoms with Crippen molar-refractivity contribution in [3.05, 3.63) is 34.4 Å². The van der Waals surface area contributed by atoms with Crippen molar-refractivity contribution in [1.82, 2.24) is 0 Å². The molecular formula is C16H23NO. The number of ether oxygens (including phenoxy) is 1. The van der Waals surface area contributed by atoms with Crippen molar-refractivity contribution in [3.8, 4) is 0 Å². The first-order chi connectivity index (χ1) is 8.53. The minimum atomic E-state index is 0.262. The summed E-state index contributed by atoms with van der Waals surface area (Å²) in [6.45, 7) is 8.43. The van der Waals surface area contributed by atoms with Crippen LogP contribution in [-0.4, -0.2) is 19.3 Å². The second-order valence-electron chi connectivity index (χ2n) is 6.35. The van der Waals surface area contributed by atoms with Crippen molar-refractivity contribution in [2.75, 3.05) is 13.2 Å². The van der Waals surface area contributed by atoms with Crippen LogP contribution in [-0.2, 0) is 10.2 Å². The van der Waals surface area contributed by atoms with Gasteiger partial charge in [0.05, 0.1) is 13.2 Å². The monoisotopic (exact) mass is 245 g/mol. The highest BCUT2D eigenvalue weighted by Gasteiger charge is 2.52. The first kappa shape index (κ1) is 12.2. The molecule has 1 saturated heterocycles. The van der Waals surface area contributed by atoms with Crippen LogP contribution in [0.4, 0.5) is 0 Å². The lowest BCUT2D eigenvalue weighted by atomic mass is 9.58. The Labute approximate surface area is 110 Å². The van der Waals surface area contributed by atoms with E-state index in [0.717, 1.165) is 32.0 Å². The molecule has 1 heterocycles. The molecule has 0 amide bonds. The first-order valence-corrected chi connectivity index (χ1v) is 6.94. The second kappa shape index (κ2) is 4.07. The zero-order chi connectivity index (χ0) is 12.9. The maximum atomic E-state index is 5.98. The summed E-state index contributed by atoms with van der Waals surface area (Å²) in [5.41, 5.74) is 12.0. The zero-order valence-electron chi connectivity index (χ0n) is 11.6. The lowest BCUT2D eigenvalue weighted by Crippen LogP contribution is -2.59. The van der Waals surface area contributed by atoms with Crippen molar-refractivity contribution < 1.29 is 4.74 Å². The molecule has 2 fully saturated rings. The van der Waals surface area contributed by atoms with Gasteiger partial charge in [0.15, 0.2) is 0 Å². The Morgan fingerprint density at radius 1 is 1.11 bits per heavy atom. The largest absolute Gasteiger partial charge is 0.379 e. The van der Waals surface area contributed by atoms with Gasteiger partial charge in [-0.15, -0.1) is 0 Å². The van der Waals surface area contributed by atoms with Crippen molar-refractivity contribution >= 4 is 0 Å². The summed E-state index contributed by atoms with van der Waals surface area (Å²) in [6.07, 6.45) is 2.33. The van der Waals surface area contributed by atoms with Crippen LogP contribution < -0.4 is 5.73 Å². The fourth-order valence-electron chi connectivity index (χ4n) is 3.98. The van der Waals surface area contributed by atoms with Gasteiger partial charge in [0.1, 0.15) is 0 Å². The number of benzene rings is 1. The van der Waals surface area contributed by atoms with E-state index in [4.69, 9.17) is 10.5 Å². The number of hydrogen-bond acceptors (Lipinski definition) is 2. The van der Waals surface area contributed by atoms with Gasteiger partial charge in [-0.25, -0.2) is 0 Å². The molecule has 2 N–H and O–H groups in total. The summed E-state index contributed by atoms with van der Waals surface area (Å²) >= 11 is 0. The minimum Gasteiger partial charge on any atom is -0.379 e. The van der Waals surface area contributed by atoms with E-state index < -0.39 is 0 Å². The molecule has 2 nitrogen and oxygen atoms in total. The fraction of sp³-hybridized carbons (Fsp3) is 0.625. The van der Waals surface area contributed by atoms with Crippen LogP contribution in [0, 0.1) is 26.7 Å². The number of hydrogen-bond donors (Lipinski definition) is 1. The summed E-state index contributed by atoms with van der Waals surface area (Å²) in [7, 11) is 0. The normalized spacial score (nSPS) is 29.6. The highest BCUT2D eigenvalue weighted by molar-refractivity contribution is 5.45. The number of aryl methyl sites for hydroxylation is 3. The van der Waals surface area contributed by atoms with E-state index in [-0.39, 0.29) is 5.41 Å². The summed E-state index contributed by atoms with van der Waals surface area (Å²) < 4.78 is 5.58. The standard InChI is InChI=1S/C16H23NO/c1-10-4-11(2)15(12(3)5-10)16(8-18-9-16)13-6-14(17)7-13/h4-5,13-14H,6-9,17H2,1-3H3. The van der Waals surface area contributed by atoms with Crippen LogP contribution >= 0.6 is 0 Å². The molecule has 2 aliphatic rings. The van der Waals surface area contributed by atoms with E-state index >= 15 is 0 Å². The summed E-state index contributed by atoms with van der Waals surface area (Å²) in [5, 5.41) is 0. The second-order valence-corrected chi connectivity index (χ2v) is 6.35. The molecule has 3 rings (SSSR count). The summed E-state index contributed by atoms with van der Waals surface area (Å²) in [5.74, 6) is 0.723. The molecule has 2 heteroatoms. The van der Waals surface area contributed by atoms with Gasteiger partial charge in [-0.05, 0) is 56.2 Å². The van der Waals surface area contributed by atoms with Gasteiger partial charge < -0.3 is 10.5 Å². The van der Waals surface area contributed by atoms with E-state index in [9.17, 15) is 0 Å². The van der Waals surface area contributed by atoms with Crippen LogP contribution in [0.5, 0.6) is 0 Å². The van der Waals surface area contributed by atoms with Crippen LogP contribution in [0.25, 0.3) is 0 Å². The lowest BCUT2D eigenvalue weighted by molar-refractivity contribution is -0.111. The van der Waals surface area contributed by atoms with Crippen LogP contribution in [0.15, 0.2) is 12.1 Å². The Morgan fingerprint density at radius 2 is 1.67 bits per heavy atom. The molecule has 0 aromatic heterocycles. The molecule has 18 heavy (non-hydrogen) atoms. The average Bonchev–Trinajstić information content (AvgIpc) is 2.16. The number of rotatable bonds is 2. The molecular weight excluding hydrogens is 222 g/mol. The smallest absolute Gasteiger partial charge is 0.0588 e. The Morgan fingerprint density at radius 3 is 2.06 bits per heavy atom. The van der Waals surface area contributed by atoms with E-state index in [1.807, 2.05) is 0 Å². The molecule has 1 saturated carbocycles. The van der Waals surface area contributed by atoms with Gasteiger partial charge in [-0.1, -0.05) is 17.7 Å². The Kier molecular flexibility index (Phi) is 2.76. The molecule has 1 aliphatic heterocycles. The Hall–Kier alpha value is -0.860. The maximum Gasteiger partial charge on any atom is 0.0588 e. The van der Waals surface area contributed by atoms with E-state index in [1.165, 1.54) is 22.3 Å². The van der Waals surface area contributed by atoms with Gasteiger partial charge in [0, 0.05) is 11.5 Å². The molecule has 1 aliphatic carbocycles. The quantitative estimate of drug-likeness (QED) is 0.869. The van der Waals surface area contributed by atoms with E-state index in [0.29, 0.717) is 6.04 Å². The minimum absolute atomic E-state index is 0.262. The van der Waals surface area contributed by atoms with Crippen LogP contribution in [0.2, 0.25) is 0 Å². The van der Waals surface area contributed by atoms with Crippen LogP contribution in [0.1, 0.15) is 35.1 Å². The van der Waals surface area contributed by atoms with Crippen molar-refractivity contribution in [2.45, 2.75) is 45.1 Å². The topological polar surface area (TPSA) is 35.2 Å². The molecule has 0 radical (unpaired) electrons. The zero-order valence-corrected chi connectivity index (χ0v) is 11.6. The van der Waals surface area contributed by atoms with E-state index in [1.54, 1.807) is 0 Å². The SMILES string of the molecule is Cc1cc(C)c(C2(C3CC(N)C3)COC2)c(C)c1. The first-order valence-electron chi connectivity index (χ1n) is 6.94.